The topological polar surface area (TPSA) is 27.6 Å². The Labute approximate surface area is 189 Å². The molecule has 0 radical (unpaired) electrons. The lowest BCUT2D eigenvalue weighted by Crippen LogP contribution is -2.32. The minimum Gasteiger partial charge on any atom is -0.376 e. The summed E-state index contributed by atoms with van der Waals surface area (Å²) in [6, 6.07) is 16.0. The minimum absolute atomic E-state index is 0.0423. The van der Waals surface area contributed by atoms with E-state index in [1.165, 1.54) is 4.90 Å². The van der Waals surface area contributed by atoms with Gasteiger partial charge in [0.25, 0.3) is 0 Å². The van der Waals surface area contributed by atoms with E-state index in [2.05, 4.69) is 10.3 Å². The third-order valence-corrected chi connectivity index (χ3v) is 6.29. The van der Waals surface area contributed by atoms with Crippen molar-refractivity contribution in [1.82, 2.24) is 0 Å². The van der Waals surface area contributed by atoms with Gasteiger partial charge in [0, 0.05) is 19.5 Å². The molecular formula is C26H23F4N3. The average molecular weight is 453 g/mol. The van der Waals surface area contributed by atoms with Crippen LogP contribution in [0.5, 0.6) is 0 Å². The normalized spacial score (nSPS) is 18.2. The van der Waals surface area contributed by atoms with Gasteiger partial charge in [-0.05, 0) is 37.0 Å². The molecule has 0 aromatic heterocycles. The molecule has 0 amide bonds. The van der Waals surface area contributed by atoms with Crippen molar-refractivity contribution >= 4 is 22.8 Å². The number of benzene rings is 3. The number of nitrogens with one attached hydrogen (secondary N) is 1. The predicted molar refractivity (Wildman–Crippen MR) is 122 cm³/mol. The van der Waals surface area contributed by atoms with Crippen LogP contribution in [-0.2, 0) is 0 Å². The van der Waals surface area contributed by atoms with E-state index in [9.17, 15) is 0 Å². The van der Waals surface area contributed by atoms with Gasteiger partial charge in [-0.1, -0.05) is 42.5 Å². The first-order valence-corrected chi connectivity index (χ1v) is 11.1. The predicted octanol–water partition coefficient (Wildman–Crippen LogP) is 6.91. The zero-order valence-electron chi connectivity index (χ0n) is 17.9. The smallest absolute Gasteiger partial charge is 0.186 e. The van der Waals surface area contributed by atoms with Crippen LogP contribution in [0.15, 0.2) is 59.6 Å². The zero-order valence-corrected chi connectivity index (χ0v) is 17.9. The van der Waals surface area contributed by atoms with Crippen molar-refractivity contribution in [2.75, 3.05) is 23.3 Å². The van der Waals surface area contributed by atoms with Crippen LogP contribution in [0.4, 0.5) is 34.6 Å². The number of halogens is 4. The van der Waals surface area contributed by atoms with Gasteiger partial charge in [0.05, 0.1) is 28.7 Å². The Morgan fingerprint density at radius 2 is 1.39 bits per heavy atom. The number of nitrogens with zero attached hydrogens (tertiary/aromatic N) is 2. The summed E-state index contributed by atoms with van der Waals surface area (Å²) in [6.07, 6.45) is 2.41. The molecule has 0 saturated carbocycles. The molecule has 3 aromatic carbocycles. The van der Waals surface area contributed by atoms with Gasteiger partial charge in [-0.25, -0.2) is 17.6 Å². The van der Waals surface area contributed by atoms with E-state index in [4.69, 9.17) is 0 Å². The summed E-state index contributed by atoms with van der Waals surface area (Å²) in [7, 11) is 0. The Bertz CT molecular complexity index is 1170. The summed E-state index contributed by atoms with van der Waals surface area (Å²) in [5.74, 6) is -5.54. The molecule has 2 heterocycles. The second kappa shape index (κ2) is 8.89. The molecule has 1 saturated heterocycles. The summed E-state index contributed by atoms with van der Waals surface area (Å²) < 4.78 is 61.1. The number of hydrogen-bond donors (Lipinski definition) is 1. The van der Waals surface area contributed by atoms with Gasteiger partial charge in [0.2, 0.25) is 0 Å². The molecule has 170 valence electrons. The monoisotopic (exact) mass is 453 g/mol. The molecule has 1 unspecified atom stereocenters. The summed E-state index contributed by atoms with van der Waals surface area (Å²) in [4.78, 5) is 5.85. The number of para-hydroxylation sites is 2. The number of rotatable bonds is 3. The number of piperidine rings is 1. The molecule has 1 atom stereocenters. The SMILES string of the molecule is Fc1c(F)c(N2CCCCC2)c(F)c(F)c1C1=Nc2ccccc2NC(c2ccccc2)C1. The maximum atomic E-state index is 15.4. The third-order valence-electron chi connectivity index (χ3n) is 6.29. The zero-order chi connectivity index (χ0) is 22.9. The van der Waals surface area contributed by atoms with Gasteiger partial charge in [-0.3, -0.25) is 4.99 Å². The minimum atomic E-state index is -1.40. The van der Waals surface area contributed by atoms with Crippen molar-refractivity contribution in [2.24, 2.45) is 4.99 Å². The van der Waals surface area contributed by atoms with E-state index in [0.717, 1.165) is 24.8 Å². The summed E-state index contributed by atoms with van der Waals surface area (Å²) in [6.45, 7) is 0.723. The fourth-order valence-electron chi connectivity index (χ4n) is 4.63. The van der Waals surface area contributed by atoms with Gasteiger partial charge in [0.15, 0.2) is 23.3 Å². The molecule has 0 bridgehead atoms. The van der Waals surface area contributed by atoms with E-state index in [1.54, 1.807) is 12.1 Å². The van der Waals surface area contributed by atoms with E-state index in [0.29, 0.717) is 24.5 Å². The highest BCUT2D eigenvalue weighted by molar-refractivity contribution is 6.05. The molecule has 0 spiro atoms. The second-order valence-corrected chi connectivity index (χ2v) is 8.41. The van der Waals surface area contributed by atoms with Crippen molar-refractivity contribution in [3.8, 4) is 0 Å². The largest absolute Gasteiger partial charge is 0.376 e. The molecule has 5 rings (SSSR count). The highest BCUT2D eigenvalue weighted by Gasteiger charge is 2.33. The maximum absolute atomic E-state index is 15.4. The summed E-state index contributed by atoms with van der Waals surface area (Å²) in [5, 5.41) is 3.35. The highest BCUT2D eigenvalue weighted by atomic mass is 19.2. The van der Waals surface area contributed by atoms with Crippen LogP contribution >= 0.6 is 0 Å². The number of fused-ring (bicyclic) bond motifs is 1. The number of hydrogen-bond acceptors (Lipinski definition) is 3. The van der Waals surface area contributed by atoms with E-state index in [1.807, 2.05) is 42.5 Å². The fraction of sp³-hybridized carbons (Fsp3) is 0.269. The molecule has 1 fully saturated rings. The molecule has 2 aliphatic heterocycles. The standard InChI is InChI=1S/C26H23F4N3/c27-22-21(23(28)25(30)26(24(22)29)33-13-7-2-8-14-33)20-15-19(16-9-3-1-4-10-16)31-17-11-5-6-12-18(17)32-20/h1,3-6,9-12,19,31H,2,7-8,13-15H2. The van der Waals surface area contributed by atoms with Crippen LogP contribution in [0.1, 0.15) is 42.9 Å². The van der Waals surface area contributed by atoms with Gasteiger partial charge in [-0.2, -0.15) is 0 Å². The number of aliphatic imine (C=N–C) groups is 1. The highest BCUT2D eigenvalue weighted by Crippen LogP contribution is 2.38. The van der Waals surface area contributed by atoms with E-state index in [-0.39, 0.29) is 18.2 Å². The first kappa shape index (κ1) is 21.5. The number of anilines is 2. The lowest BCUT2D eigenvalue weighted by atomic mass is 9.95. The summed E-state index contributed by atoms with van der Waals surface area (Å²) >= 11 is 0. The van der Waals surface area contributed by atoms with Crippen molar-refractivity contribution < 1.29 is 17.6 Å². The summed E-state index contributed by atoms with van der Waals surface area (Å²) in [5.41, 5.74) is 0.581. The molecule has 3 aromatic rings. The Balaban J connectivity index is 1.65. The van der Waals surface area contributed by atoms with Crippen LogP contribution < -0.4 is 10.2 Å². The van der Waals surface area contributed by atoms with E-state index >= 15 is 17.6 Å². The molecule has 2 aliphatic rings. The third kappa shape index (κ3) is 3.96. The Kier molecular flexibility index (Phi) is 5.79. The van der Waals surface area contributed by atoms with Crippen LogP contribution in [0, 0.1) is 23.3 Å². The van der Waals surface area contributed by atoms with E-state index < -0.39 is 34.5 Å². The molecule has 33 heavy (non-hydrogen) atoms. The van der Waals surface area contributed by atoms with Crippen LogP contribution in [0.3, 0.4) is 0 Å². The lowest BCUT2D eigenvalue weighted by molar-refractivity contribution is 0.442. The van der Waals surface area contributed by atoms with Gasteiger partial charge < -0.3 is 10.2 Å². The van der Waals surface area contributed by atoms with Crippen LogP contribution in [-0.4, -0.2) is 18.8 Å². The second-order valence-electron chi connectivity index (χ2n) is 8.41. The first-order chi connectivity index (χ1) is 16.0. The van der Waals surface area contributed by atoms with Crippen molar-refractivity contribution in [1.29, 1.82) is 0 Å². The van der Waals surface area contributed by atoms with Gasteiger partial charge >= 0.3 is 0 Å². The van der Waals surface area contributed by atoms with Gasteiger partial charge in [-0.15, -0.1) is 0 Å². The van der Waals surface area contributed by atoms with Crippen molar-refractivity contribution in [3.05, 3.63) is 89.0 Å². The average Bonchev–Trinajstić information content (AvgIpc) is 3.04. The Morgan fingerprint density at radius 3 is 2.09 bits per heavy atom. The molecule has 3 nitrogen and oxygen atoms in total. The quantitative estimate of drug-likeness (QED) is 0.345. The molecule has 0 aliphatic carbocycles. The Hall–Kier alpha value is -3.35. The Morgan fingerprint density at radius 1 is 0.758 bits per heavy atom. The lowest BCUT2D eigenvalue weighted by Gasteiger charge is -2.30. The van der Waals surface area contributed by atoms with Gasteiger partial charge in [0.1, 0.15) is 5.69 Å². The van der Waals surface area contributed by atoms with Crippen LogP contribution in [0.25, 0.3) is 0 Å². The maximum Gasteiger partial charge on any atom is 0.186 e. The molecule has 1 N–H and O–H groups in total. The van der Waals surface area contributed by atoms with Crippen LogP contribution in [0.2, 0.25) is 0 Å². The molecular weight excluding hydrogens is 430 g/mol. The first-order valence-electron chi connectivity index (χ1n) is 11.1. The van der Waals surface area contributed by atoms with Crippen molar-refractivity contribution in [3.63, 3.8) is 0 Å². The van der Waals surface area contributed by atoms with Crippen molar-refractivity contribution in [2.45, 2.75) is 31.7 Å². The fourth-order valence-corrected chi connectivity index (χ4v) is 4.63. The molecule has 7 heteroatoms.